The SMILES string of the molecule is Cc1c(C(=O)N(C)CC(O)C2CC2)nnn1-c1ccccc1Cl. The number of halogens is 1. The van der Waals surface area contributed by atoms with E-state index in [4.69, 9.17) is 11.6 Å². The van der Waals surface area contributed by atoms with Gasteiger partial charge in [0.25, 0.3) is 5.91 Å². The van der Waals surface area contributed by atoms with Crippen molar-refractivity contribution in [3.8, 4) is 5.69 Å². The smallest absolute Gasteiger partial charge is 0.276 e. The first-order chi connectivity index (χ1) is 11.0. The predicted molar refractivity (Wildman–Crippen MR) is 86.8 cm³/mol. The molecule has 0 bridgehead atoms. The molecule has 1 N–H and O–H groups in total. The third kappa shape index (κ3) is 3.23. The highest BCUT2D eigenvalue weighted by molar-refractivity contribution is 6.32. The average Bonchev–Trinajstić information content (AvgIpc) is 3.31. The van der Waals surface area contributed by atoms with E-state index >= 15 is 0 Å². The van der Waals surface area contributed by atoms with Gasteiger partial charge < -0.3 is 10.0 Å². The van der Waals surface area contributed by atoms with E-state index in [1.54, 1.807) is 24.7 Å². The largest absolute Gasteiger partial charge is 0.391 e. The van der Waals surface area contributed by atoms with E-state index in [1.807, 2.05) is 18.2 Å². The molecule has 1 aliphatic rings. The van der Waals surface area contributed by atoms with Crippen LogP contribution in [0, 0.1) is 12.8 Å². The molecule has 0 aliphatic heterocycles. The summed E-state index contributed by atoms with van der Waals surface area (Å²) in [6.45, 7) is 2.09. The summed E-state index contributed by atoms with van der Waals surface area (Å²) in [6, 6.07) is 7.26. The normalized spacial score (nSPS) is 15.5. The van der Waals surface area contributed by atoms with E-state index in [0.717, 1.165) is 12.8 Å². The lowest BCUT2D eigenvalue weighted by atomic mass is 10.2. The van der Waals surface area contributed by atoms with Gasteiger partial charge in [-0.1, -0.05) is 28.9 Å². The zero-order valence-corrected chi connectivity index (χ0v) is 13.9. The van der Waals surface area contributed by atoms with Crippen LogP contribution in [0.3, 0.4) is 0 Å². The van der Waals surface area contributed by atoms with Gasteiger partial charge in [-0.15, -0.1) is 5.10 Å². The summed E-state index contributed by atoms with van der Waals surface area (Å²) >= 11 is 6.18. The van der Waals surface area contributed by atoms with Crippen molar-refractivity contribution in [2.24, 2.45) is 5.92 Å². The highest BCUT2D eigenvalue weighted by atomic mass is 35.5. The fraction of sp³-hybridized carbons (Fsp3) is 0.438. The number of benzene rings is 1. The van der Waals surface area contributed by atoms with Gasteiger partial charge >= 0.3 is 0 Å². The average molecular weight is 335 g/mol. The van der Waals surface area contributed by atoms with E-state index in [-0.39, 0.29) is 11.6 Å². The Morgan fingerprint density at radius 2 is 2.17 bits per heavy atom. The zero-order valence-electron chi connectivity index (χ0n) is 13.1. The molecular formula is C16H19ClN4O2. The lowest BCUT2D eigenvalue weighted by Crippen LogP contribution is -2.35. The predicted octanol–water partition coefficient (Wildman–Crippen LogP) is 2.07. The standard InChI is InChI=1S/C16H19ClN4O2/c1-10-15(16(23)20(2)9-14(22)11-7-8-11)18-19-21(10)13-6-4-3-5-12(13)17/h3-6,11,14,22H,7-9H2,1-2H3. The number of carbonyl (C=O) groups excluding carboxylic acids is 1. The maximum absolute atomic E-state index is 12.5. The molecule has 1 heterocycles. The summed E-state index contributed by atoms with van der Waals surface area (Å²) in [7, 11) is 1.67. The quantitative estimate of drug-likeness (QED) is 0.908. The molecule has 23 heavy (non-hydrogen) atoms. The van der Waals surface area contributed by atoms with Gasteiger partial charge in [-0.05, 0) is 37.8 Å². The summed E-state index contributed by atoms with van der Waals surface area (Å²) in [5.74, 6) is 0.0747. The second kappa shape index (κ2) is 6.29. The maximum atomic E-state index is 12.5. The van der Waals surface area contributed by atoms with Crippen LogP contribution >= 0.6 is 11.6 Å². The van der Waals surface area contributed by atoms with Gasteiger partial charge in [0, 0.05) is 13.6 Å². The molecule has 1 atom stereocenters. The zero-order chi connectivity index (χ0) is 16.6. The molecule has 122 valence electrons. The monoisotopic (exact) mass is 334 g/mol. The topological polar surface area (TPSA) is 71.2 Å². The Labute approximate surface area is 139 Å². The van der Waals surface area contributed by atoms with Crippen LogP contribution in [0.25, 0.3) is 5.69 Å². The Morgan fingerprint density at radius 1 is 1.48 bits per heavy atom. The summed E-state index contributed by atoms with van der Waals surface area (Å²) < 4.78 is 1.56. The first-order valence-electron chi connectivity index (χ1n) is 7.59. The van der Waals surface area contributed by atoms with Gasteiger partial charge in [-0.25, -0.2) is 4.68 Å². The number of rotatable bonds is 5. The lowest BCUT2D eigenvalue weighted by Gasteiger charge is -2.20. The van der Waals surface area contributed by atoms with E-state index in [2.05, 4.69) is 10.3 Å². The van der Waals surface area contributed by atoms with Crippen LogP contribution in [0.5, 0.6) is 0 Å². The van der Waals surface area contributed by atoms with Crippen molar-refractivity contribution in [1.29, 1.82) is 0 Å². The first kappa shape index (κ1) is 16.0. The van der Waals surface area contributed by atoms with Crippen LogP contribution in [0.15, 0.2) is 24.3 Å². The molecule has 1 saturated carbocycles. The van der Waals surface area contributed by atoms with Crippen LogP contribution < -0.4 is 0 Å². The molecule has 3 rings (SSSR count). The van der Waals surface area contributed by atoms with Gasteiger partial charge in [0.1, 0.15) is 0 Å². The van der Waals surface area contributed by atoms with Gasteiger partial charge in [0.2, 0.25) is 0 Å². The lowest BCUT2D eigenvalue weighted by molar-refractivity contribution is 0.0639. The Hall–Kier alpha value is -1.92. The number of aliphatic hydroxyl groups excluding tert-OH is 1. The van der Waals surface area contributed by atoms with Crippen molar-refractivity contribution in [1.82, 2.24) is 19.9 Å². The second-order valence-electron chi connectivity index (χ2n) is 5.98. The van der Waals surface area contributed by atoms with Crippen molar-refractivity contribution in [3.05, 3.63) is 40.7 Å². The van der Waals surface area contributed by atoms with Gasteiger partial charge in [0.15, 0.2) is 5.69 Å². The molecule has 1 aliphatic carbocycles. The van der Waals surface area contributed by atoms with Gasteiger partial charge in [-0.3, -0.25) is 4.79 Å². The van der Waals surface area contributed by atoms with Crippen molar-refractivity contribution in [2.75, 3.05) is 13.6 Å². The van der Waals surface area contributed by atoms with E-state index < -0.39 is 6.10 Å². The summed E-state index contributed by atoms with van der Waals surface area (Å²) in [4.78, 5) is 14.0. The van der Waals surface area contributed by atoms with Crippen molar-refractivity contribution >= 4 is 17.5 Å². The van der Waals surface area contributed by atoms with Crippen molar-refractivity contribution in [2.45, 2.75) is 25.9 Å². The molecule has 2 aromatic rings. The van der Waals surface area contributed by atoms with Crippen LogP contribution in [-0.4, -0.2) is 50.6 Å². The number of aromatic nitrogens is 3. The molecule has 0 spiro atoms. The fourth-order valence-corrected chi connectivity index (χ4v) is 2.77. The first-order valence-corrected chi connectivity index (χ1v) is 7.97. The number of amides is 1. The number of carbonyl (C=O) groups is 1. The van der Waals surface area contributed by atoms with Crippen molar-refractivity contribution in [3.63, 3.8) is 0 Å². The number of hydrogen-bond acceptors (Lipinski definition) is 4. The molecule has 6 nitrogen and oxygen atoms in total. The van der Waals surface area contributed by atoms with Crippen LogP contribution in [0.1, 0.15) is 29.0 Å². The number of para-hydroxylation sites is 1. The molecular weight excluding hydrogens is 316 g/mol. The van der Waals surface area contributed by atoms with E-state index in [9.17, 15) is 9.90 Å². The van der Waals surface area contributed by atoms with Gasteiger partial charge in [-0.2, -0.15) is 0 Å². The minimum atomic E-state index is -0.470. The third-order valence-electron chi connectivity index (χ3n) is 4.15. The number of aliphatic hydroxyl groups is 1. The van der Waals surface area contributed by atoms with Gasteiger partial charge in [0.05, 0.1) is 22.5 Å². The highest BCUT2D eigenvalue weighted by Gasteiger charge is 2.32. The highest BCUT2D eigenvalue weighted by Crippen LogP contribution is 2.32. The number of likely N-dealkylation sites (N-methyl/N-ethyl adjacent to an activating group) is 1. The Bertz CT molecular complexity index is 727. The molecule has 1 aromatic carbocycles. The molecule has 0 radical (unpaired) electrons. The maximum Gasteiger partial charge on any atom is 0.276 e. The minimum Gasteiger partial charge on any atom is -0.391 e. The minimum absolute atomic E-state index is 0.250. The molecule has 1 unspecified atom stereocenters. The molecule has 0 saturated heterocycles. The molecule has 1 fully saturated rings. The fourth-order valence-electron chi connectivity index (χ4n) is 2.55. The van der Waals surface area contributed by atoms with Crippen LogP contribution in [-0.2, 0) is 0 Å². The Morgan fingerprint density at radius 3 is 2.83 bits per heavy atom. The number of hydrogen-bond donors (Lipinski definition) is 1. The summed E-state index contributed by atoms with van der Waals surface area (Å²) in [5.41, 5.74) is 1.57. The molecule has 7 heteroatoms. The third-order valence-corrected chi connectivity index (χ3v) is 4.47. The van der Waals surface area contributed by atoms with Crippen LogP contribution in [0.2, 0.25) is 5.02 Å². The molecule has 1 aromatic heterocycles. The van der Waals surface area contributed by atoms with Crippen LogP contribution in [0.4, 0.5) is 0 Å². The second-order valence-corrected chi connectivity index (χ2v) is 6.38. The number of nitrogens with zero attached hydrogens (tertiary/aromatic N) is 4. The Kier molecular flexibility index (Phi) is 4.37. The van der Waals surface area contributed by atoms with E-state index in [1.165, 1.54) is 4.90 Å². The summed E-state index contributed by atoms with van der Waals surface area (Å²) in [6.07, 6.45) is 1.60. The molecule has 1 amide bonds. The summed E-state index contributed by atoms with van der Waals surface area (Å²) in [5, 5.41) is 18.6. The van der Waals surface area contributed by atoms with Crippen molar-refractivity contribution < 1.29 is 9.90 Å². The van der Waals surface area contributed by atoms with E-state index in [0.29, 0.717) is 28.9 Å². The Balaban J connectivity index is 1.81.